The molecule has 27 heavy (non-hydrogen) atoms. The molecule has 2 aromatic heterocycles. The van der Waals surface area contributed by atoms with E-state index in [0.29, 0.717) is 27.0 Å². The number of thiazole rings is 1. The molecule has 0 spiro atoms. The number of rotatable bonds is 5. The summed E-state index contributed by atoms with van der Waals surface area (Å²) in [7, 11) is 1.53. The minimum absolute atomic E-state index is 0.165. The van der Waals surface area contributed by atoms with Gasteiger partial charge in [-0.1, -0.05) is 6.07 Å². The highest BCUT2D eigenvalue weighted by Gasteiger charge is 2.22. The number of carbonyl (C=O) groups excluding carboxylic acids is 2. The molecule has 2 amide bonds. The molecular weight excluding hydrogens is 369 g/mol. The van der Waals surface area contributed by atoms with Gasteiger partial charge in [-0.2, -0.15) is 0 Å². The van der Waals surface area contributed by atoms with Gasteiger partial charge in [0.25, 0.3) is 5.91 Å². The number of furan rings is 1. The van der Waals surface area contributed by atoms with Crippen molar-refractivity contribution in [1.82, 2.24) is 9.88 Å². The molecule has 0 unspecified atom stereocenters. The zero-order chi connectivity index (χ0) is 19.6. The molecule has 0 atom stereocenters. The van der Waals surface area contributed by atoms with Gasteiger partial charge in [0, 0.05) is 12.7 Å². The van der Waals surface area contributed by atoms with Crippen LogP contribution < -0.4 is 5.32 Å². The first-order valence-corrected chi connectivity index (χ1v) is 9.00. The first kappa shape index (κ1) is 18.8. The van der Waals surface area contributed by atoms with Crippen molar-refractivity contribution in [2.24, 2.45) is 0 Å². The number of hydrogen-bond acceptors (Lipinski definition) is 5. The van der Waals surface area contributed by atoms with E-state index in [1.807, 2.05) is 13.0 Å². The third-order valence-corrected chi connectivity index (χ3v) is 4.94. The zero-order valence-electron chi connectivity index (χ0n) is 15.1. The van der Waals surface area contributed by atoms with E-state index < -0.39 is 11.7 Å². The first-order chi connectivity index (χ1) is 12.8. The predicted octanol–water partition coefficient (Wildman–Crippen LogP) is 3.87. The van der Waals surface area contributed by atoms with Crippen molar-refractivity contribution in [3.05, 3.63) is 58.5 Å². The summed E-state index contributed by atoms with van der Waals surface area (Å²) in [5.74, 6) is 0.190. The van der Waals surface area contributed by atoms with Crippen LogP contribution in [0, 0.1) is 19.7 Å². The van der Waals surface area contributed by atoms with Crippen molar-refractivity contribution in [3.8, 4) is 10.8 Å². The van der Waals surface area contributed by atoms with E-state index in [2.05, 4.69) is 10.3 Å². The van der Waals surface area contributed by atoms with Gasteiger partial charge in [-0.15, -0.1) is 11.3 Å². The minimum atomic E-state index is -0.446. The molecule has 0 aliphatic carbocycles. The number of amides is 2. The van der Waals surface area contributed by atoms with Gasteiger partial charge in [0.2, 0.25) is 5.91 Å². The third-order valence-electron chi connectivity index (χ3n) is 3.78. The van der Waals surface area contributed by atoms with Crippen LogP contribution in [-0.2, 0) is 4.79 Å². The van der Waals surface area contributed by atoms with Crippen LogP contribution in [0.15, 0.2) is 40.8 Å². The lowest BCUT2D eigenvalue weighted by atomic mass is 10.3. The van der Waals surface area contributed by atoms with Crippen LogP contribution in [-0.4, -0.2) is 35.3 Å². The van der Waals surface area contributed by atoms with E-state index in [4.69, 9.17) is 4.42 Å². The van der Waals surface area contributed by atoms with E-state index in [1.165, 1.54) is 41.5 Å². The molecule has 140 valence electrons. The first-order valence-electron chi connectivity index (χ1n) is 8.18. The van der Waals surface area contributed by atoms with Gasteiger partial charge < -0.3 is 14.6 Å². The number of nitrogens with one attached hydrogen (secondary N) is 1. The van der Waals surface area contributed by atoms with Crippen LogP contribution in [0.1, 0.15) is 21.1 Å². The largest absolute Gasteiger partial charge is 0.459 e. The monoisotopic (exact) mass is 387 g/mol. The van der Waals surface area contributed by atoms with Gasteiger partial charge in [0.1, 0.15) is 16.5 Å². The molecule has 0 aliphatic heterocycles. The van der Waals surface area contributed by atoms with E-state index in [1.54, 1.807) is 19.1 Å². The lowest BCUT2D eigenvalue weighted by Crippen LogP contribution is -2.34. The molecule has 0 saturated carbocycles. The fourth-order valence-electron chi connectivity index (χ4n) is 2.48. The van der Waals surface area contributed by atoms with E-state index in [-0.39, 0.29) is 12.5 Å². The Kier molecular flexibility index (Phi) is 5.36. The van der Waals surface area contributed by atoms with Crippen molar-refractivity contribution in [2.45, 2.75) is 13.8 Å². The van der Waals surface area contributed by atoms with E-state index in [0.717, 1.165) is 5.76 Å². The number of likely N-dealkylation sites (N-methyl/N-ethyl adjacent to an activating group) is 1. The van der Waals surface area contributed by atoms with Gasteiger partial charge in [-0.3, -0.25) is 9.59 Å². The maximum atomic E-state index is 13.2. The Hall–Kier alpha value is -3.00. The lowest BCUT2D eigenvalue weighted by Gasteiger charge is -2.16. The van der Waals surface area contributed by atoms with Crippen molar-refractivity contribution in [3.63, 3.8) is 0 Å². The Labute approximate surface area is 159 Å². The highest BCUT2D eigenvalue weighted by atomic mass is 32.1. The molecule has 3 aromatic rings. The third kappa shape index (κ3) is 4.40. The molecule has 8 heteroatoms. The maximum absolute atomic E-state index is 13.2. The van der Waals surface area contributed by atoms with Crippen LogP contribution in [0.4, 0.5) is 10.1 Å². The van der Waals surface area contributed by atoms with Gasteiger partial charge >= 0.3 is 0 Å². The topological polar surface area (TPSA) is 75.4 Å². The fraction of sp³-hybridized carbons (Fsp3) is 0.211. The quantitative estimate of drug-likeness (QED) is 0.721. The average Bonchev–Trinajstić information content (AvgIpc) is 3.19. The Morgan fingerprint density at radius 2 is 2.04 bits per heavy atom. The highest BCUT2D eigenvalue weighted by molar-refractivity contribution is 7.17. The second-order valence-electron chi connectivity index (χ2n) is 6.06. The van der Waals surface area contributed by atoms with Crippen molar-refractivity contribution in [2.75, 3.05) is 18.9 Å². The molecule has 0 saturated heterocycles. The van der Waals surface area contributed by atoms with Gasteiger partial charge in [-0.25, -0.2) is 9.37 Å². The summed E-state index contributed by atoms with van der Waals surface area (Å²) in [6, 6.07) is 9.21. The molecule has 3 rings (SSSR count). The summed E-state index contributed by atoms with van der Waals surface area (Å²) < 4.78 is 18.7. The number of halogens is 1. The molecular formula is C19H18FN3O3S. The number of benzene rings is 1. The highest BCUT2D eigenvalue weighted by Crippen LogP contribution is 2.29. The summed E-state index contributed by atoms with van der Waals surface area (Å²) >= 11 is 1.22. The van der Waals surface area contributed by atoms with Crippen molar-refractivity contribution < 1.29 is 18.4 Å². The number of carbonyl (C=O) groups is 2. The second kappa shape index (κ2) is 7.71. The zero-order valence-corrected chi connectivity index (χ0v) is 15.9. The molecule has 0 aliphatic rings. The smallest absolute Gasteiger partial charge is 0.266 e. The number of hydrogen-bond donors (Lipinski definition) is 1. The van der Waals surface area contributed by atoms with Crippen molar-refractivity contribution in [1.29, 1.82) is 0 Å². The van der Waals surface area contributed by atoms with E-state index >= 15 is 0 Å². The van der Waals surface area contributed by atoms with Crippen LogP contribution in [0.2, 0.25) is 0 Å². The molecule has 2 heterocycles. The lowest BCUT2D eigenvalue weighted by molar-refractivity contribution is -0.116. The number of aromatic nitrogens is 1. The van der Waals surface area contributed by atoms with Gasteiger partial charge in [-0.05, 0) is 44.2 Å². The maximum Gasteiger partial charge on any atom is 0.266 e. The van der Waals surface area contributed by atoms with Crippen LogP contribution in [0.5, 0.6) is 0 Å². The summed E-state index contributed by atoms with van der Waals surface area (Å²) in [5, 5.41) is 3.18. The Bertz CT molecular complexity index is 996. The van der Waals surface area contributed by atoms with Crippen LogP contribution in [0.3, 0.4) is 0 Å². The van der Waals surface area contributed by atoms with Gasteiger partial charge in [0.15, 0.2) is 10.8 Å². The molecule has 1 N–H and O–H groups in total. The average molecular weight is 387 g/mol. The minimum Gasteiger partial charge on any atom is -0.459 e. The molecule has 0 bridgehead atoms. The molecule has 0 radical (unpaired) electrons. The Morgan fingerprint density at radius 3 is 2.70 bits per heavy atom. The summed E-state index contributed by atoms with van der Waals surface area (Å²) in [6.07, 6.45) is 0. The number of nitrogens with zero attached hydrogens (tertiary/aromatic N) is 2. The molecule has 1 aromatic carbocycles. The molecule has 6 nitrogen and oxygen atoms in total. The van der Waals surface area contributed by atoms with Crippen LogP contribution in [0.25, 0.3) is 10.8 Å². The summed E-state index contributed by atoms with van der Waals surface area (Å²) in [5.41, 5.74) is 0.914. The Morgan fingerprint density at radius 1 is 1.26 bits per heavy atom. The predicted molar refractivity (Wildman–Crippen MR) is 101 cm³/mol. The number of aryl methyl sites for hydroxylation is 2. The van der Waals surface area contributed by atoms with Crippen molar-refractivity contribution >= 4 is 28.8 Å². The summed E-state index contributed by atoms with van der Waals surface area (Å²) in [4.78, 5) is 30.9. The number of anilines is 1. The Balaban J connectivity index is 1.68. The standard InChI is InChI=1S/C19H18FN3O3S/c1-11-7-8-15(26-11)18-21-12(2)17(27-18)19(25)23(3)10-16(24)22-14-6-4-5-13(20)9-14/h4-9H,10H2,1-3H3,(H,22,24). The van der Waals surface area contributed by atoms with Gasteiger partial charge in [0.05, 0.1) is 12.2 Å². The second-order valence-corrected chi connectivity index (χ2v) is 7.06. The summed E-state index contributed by atoms with van der Waals surface area (Å²) in [6.45, 7) is 3.41. The SMILES string of the molecule is Cc1ccc(-c2nc(C)c(C(=O)N(C)CC(=O)Nc3cccc(F)c3)s2)o1. The fourth-order valence-corrected chi connectivity index (χ4v) is 3.50. The normalized spacial score (nSPS) is 10.7. The van der Waals surface area contributed by atoms with E-state index in [9.17, 15) is 14.0 Å². The van der Waals surface area contributed by atoms with Crippen LogP contribution >= 0.6 is 11.3 Å². The molecule has 0 fully saturated rings.